The molecule has 0 aliphatic heterocycles. The third kappa shape index (κ3) is 9.66. The number of unbranched alkanes of at least 4 members (excludes halogenated alkanes) is 1. The van der Waals surface area contributed by atoms with E-state index in [1.807, 2.05) is 0 Å². The van der Waals surface area contributed by atoms with Gasteiger partial charge in [-0.25, -0.2) is 0 Å². The molecule has 0 fully saturated rings. The molecule has 0 amide bonds. The van der Waals surface area contributed by atoms with E-state index in [0.717, 1.165) is 26.2 Å². The van der Waals surface area contributed by atoms with E-state index in [1.165, 1.54) is 12.8 Å². The molecule has 0 spiro atoms. The van der Waals surface area contributed by atoms with Gasteiger partial charge in [0.15, 0.2) is 0 Å². The second-order valence-corrected chi connectivity index (χ2v) is 2.82. The van der Waals surface area contributed by atoms with Crippen molar-refractivity contribution < 1.29 is 0 Å². The van der Waals surface area contributed by atoms with Gasteiger partial charge in [0.1, 0.15) is 0 Å². The van der Waals surface area contributed by atoms with Crippen molar-refractivity contribution in [1.82, 2.24) is 10.6 Å². The highest BCUT2D eigenvalue weighted by molar-refractivity contribution is 4.83. The molecule has 0 aromatic rings. The summed E-state index contributed by atoms with van der Waals surface area (Å²) in [6.45, 7) is 8.52. The van der Waals surface area contributed by atoms with Crippen molar-refractivity contribution in [2.45, 2.75) is 26.7 Å². The van der Waals surface area contributed by atoms with Crippen molar-refractivity contribution >= 4 is 0 Å². The zero-order valence-corrected chi connectivity index (χ0v) is 8.40. The molecule has 0 heterocycles. The van der Waals surface area contributed by atoms with Gasteiger partial charge in [-0.15, -0.1) is 0 Å². The Bertz CT molecular complexity index is 100. The normalized spacial score (nSPS) is 11.2. The summed E-state index contributed by atoms with van der Waals surface area (Å²) >= 11 is 0. The van der Waals surface area contributed by atoms with Crippen LogP contribution < -0.4 is 10.6 Å². The van der Waals surface area contributed by atoms with Crippen LogP contribution in [0.25, 0.3) is 0 Å². The van der Waals surface area contributed by atoms with Gasteiger partial charge in [-0.1, -0.05) is 32.4 Å². The Morgan fingerprint density at radius 1 is 1.00 bits per heavy atom. The molecule has 0 aromatic carbocycles. The maximum atomic E-state index is 3.33. The smallest absolute Gasteiger partial charge is 0.0135 e. The monoisotopic (exact) mass is 170 g/mol. The van der Waals surface area contributed by atoms with Crippen LogP contribution in [0.15, 0.2) is 12.2 Å². The van der Waals surface area contributed by atoms with Crippen LogP contribution in [0.5, 0.6) is 0 Å². The molecule has 0 aliphatic rings. The first-order chi connectivity index (χ1) is 5.91. The molecule has 0 atom stereocenters. The van der Waals surface area contributed by atoms with E-state index in [0.29, 0.717) is 0 Å². The van der Waals surface area contributed by atoms with Gasteiger partial charge < -0.3 is 10.6 Å². The molecule has 0 aromatic heterocycles. The predicted octanol–water partition coefficient (Wildman–Crippen LogP) is 1.54. The lowest BCUT2D eigenvalue weighted by Crippen LogP contribution is -2.27. The number of hydrogen-bond donors (Lipinski definition) is 2. The zero-order valence-electron chi connectivity index (χ0n) is 8.40. The first kappa shape index (κ1) is 11.7. The molecular formula is C10H22N2. The molecule has 72 valence electrons. The summed E-state index contributed by atoms with van der Waals surface area (Å²) in [6.07, 6.45) is 6.89. The molecule has 0 bridgehead atoms. The molecule has 0 aliphatic carbocycles. The summed E-state index contributed by atoms with van der Waals surface area (Å²) in [6, 6.07) is 0. The van der Waals surface area contributed by atoms with Crippen LogP contribution >= 0.6 is 0 Å². The quantitative estimate of drug-likeness (QED) is 0.426. The standard InChI is InChI=1S/C10H22N2/c1-3-5-6-7-8-12-10-9-11-4-2/h6-7,11-12H,3-5,8-10H2,1-2H3. The van der Waals surface area contributed by atoms with Crippen LogP contribution in [-0.2, 0) is 0 Å². The number of hydrogen-bond acceptors (Lipinski definition) is 2. The third-order valence-electron chi connectivity index (χ3n) is 1.61. The van der Waals surface area contributed by atoms with Crippen molar-refractivity contribution in [3.05, 3.63) is 12.2 Å². The van der Waals surface area contributed by atoms with Crippen LogP contribution in [0.2, 0.25) is 0 Å². The first-order valence-corrected chi connectivity index (χ1v) is 4.98. The molecular weight excluding hydrogens is 148 g/mol. The summed E-state index contributed by atoms with van der Waals surface area (Å²) in [4.78, 5) is 0. The van der Waals surface area contributed by atoms with Crippen LogP contribution in [0.4, 0.5) is 0 Å². The number of likely N-dealkylation sites (N-methyl/N-ethyl adjacent to an activating group) is 1. The maximum absolute atomic E-state index is 3.33. The van der Waals surface area contributed by atoms with Gasteiger partial charge >= 0.3 is 0 Å². The lowest BCUT2D eigenvalue weighted by molar-refractivity contribution is 0.653. The van der Waals surface area contributed by atoms with Gasteiger partial charge in [0, 0.05) is 19.6 Å². The Kier molecular flexibility index (Phi) is 10.4. The minimum absolute atomic E-state index is 1.01. The second-order valence-electron chi connectivity index (χ2n) is 2.82. The molecule has 12 heavy (non-hydrogen) atoms. The van der Waals surface area contributed by atoms with Gasteiger partial charge in [0.05, 0.1) is 0 Å². The number of rotatable bonds is 8. The van der Waals surface area contributed by atoms with Crippen molar-refractivity contribution in [3.63, 3.8) is 0 Å². The molecule has 2 heteroatoms. The summed E-state index contributed by atoms with van der Waals surface area (Å²) in [7, 11) is 0. The molecule has 0 radical (unpaired) electrons. The van der Waals surface area contributed by atoms with Gasteiger partial charge in [0.25, 0.3) is 0 Å². The van der Waals surface area contributed by atoms with Crippen LogP contribution in [-0.4, -0.2) is 26.2 Å². The highest BCUT2D eigenvalue weighted by Crippen LogP contribution is 1.86. The summed E-state index contributed by atoms with van der Waals surface area (Å²) < 4.78 is 0. The molecule has 2 N–H and O–H groups in total. The lowest BCUT2D eigenvalue weighted by atomic mass is 10.3. The fourth-order valence-electron chi connectivity index (χ4n) is 0.907. The first-order valence-electron chi connectivity index (χ1n) is 4.98. The van der Waals surface area contributed by atoms with Gasteiger partial charge in [-0.3, -0.25) is 0 Å². The van der Waals surface area contributed by atoms with Crippen LogP contribution in [0, 0.1) is 0 Å². The Morgan fingerprint density at radius 3 is 2.42 bits per heavy atom. The minimum Gasteiger partial charge on any atom is -0.316 e. The Hall–Kier alpha value is -0.340. The van der Waals surface area contributed by atoms with Gasteiger partial charge in [0.2, 0.25) is 0 Å². The number of nitrogens with one attached hydrogen (secondary N) is 2. The summed E-state index contributed by atoms with van der Waals surface area (Å²) in [5.41, 5.74) is 0. The van der Waals surface area contributed by atoms with Crippen LogP contribution in [0.3, 0.4) is 0 Å². The molecule has 0 rings (SSSR count). The molecule has 0 unspecified atom stereocenters. The highest BCUT2D eigenvalue weighted by atomic mass is 14.9. The SMILES string of the molecule is CCCC=CCNCCNCC. The Labute approximate surface area is 76.4 Å². The van der Waals surface area contributed by atoms with Crippen LogP contribution in [0.1, 0.15) is 26.7 Å². The topological polar surface area (TPSA) is 24.1 Å². The van der Waals surface area contributed by atoms with E-state index in [2.05, 4.69) is 36.6 Å². The predicted molar refractivity (Wildman–Crippen MR) is 55.5 cm³/mol. The summed E-state index contributed by atoms with van der Waals surface area (Å²) in [5, 5.41) is 6.59. The van der Waals surface area contributed by atoms with Gasteiger partial charge in [-0.2, -0.15) is 0 Å². The molecule has 2 nitrogen and oxygen atoms in total. The summed E-state index contributed by atoms with van der Waals surface area (Å²) in [5.74, 6) is 0. The van der Waals surface area contributed by atoms with E-state index in [-0.39, 0.29) is 0 Å². The van der Waals surface area contributed by atoms with E-state index in [4.69, 9.17) is 0 Å². The Morgan fingerprint density at radius 2 is 1.75 bits per heavy atom. The fraction of sp³-hybridized carbons (Fsp3) is 0.800. The largest absolute Gasteiger partial charge is 0.316 e. The highest BCUT2D eigenvalue weighted by Gasteiger charge is 1.81. The zero-order chi connectivity index (χ0) is 9.07. The van der Waals surface area contributed by atoms with E-state index >= 15 is 0 Å². The van der Waals surface area contributed by atoms with Crippen molar-refractivity contribution in [1.29, 1.82) is 0 Å². The molecule has 0 saturated heterocycles. The second kappa shape index (κ2) is 10.7. The lowest BCUT2D eigenvalue weighted by Gasteiger charge is -2.01. The van der Waals surface area contributed by atoms with E-state index in [9.17, 15) is 0 Å². The average molecular weight is 170 g/mol. The minimum atomic E-state index is 1.01. The van der Waals surface area contributed by atoms with Gasteiger partial charge in [-0.05, 0) is 13.0 Å². The fourth-order valence-corrected chi connectivity index (χ4v) is 0.907. The third-order valence-corrected chi connectivity index (χ3v) is 1.61. The molecule has 0 saturated carbocycles. The maximum Gasteiger partial charge on any atom is 0.0135 e. The van der Waals surface area contributed by atoms with E-state index < -0.39 is 0 Å². The number of allylic oxidation sites excluding steroid dienone is 1. The van der Waals surface area contributed by atoms with E-state index in [1.54, 1.807) is 0 Å². The van der Waals surface area contributed by atoms with Crippen molar-refractivity contribution in [2.24, 2.45) is 0 Å². The average Bonchev–Trinajstić information content (AvgIpc) is 2.10. The van der Waals surface area contributed by atoms with Crippen molar-refractivity contribution in [3.8, 4) is 0 Å². The Balaban J connectivity index is 2.90. The van der Waals surface area contributed by atoms with Crippen molar-refractivity contribution in [2.75, 3.05) is 26.2 Å².